The second kappa shape index (κ2) is 13.3. The fraction of sp³-hybridized carbons (Fsp3) is 0.824. The minimum atomic E-state index is -0.701. The molecule has 0 radical (unpaired) electrons. The number of nitrogens with zero attached hydrogens (tertiary/aromatic N) is 3. The van der Waals surface area contributed by atoms with Crippen molar-refractivity contribution in [3.63, 3.8) is 0 Å². The van der Waals surface area contributed by atoms with Gasteiger partial charge in [-0.3, -0.25) is 4.99 Å². The summed E-state index contributed by atoms with van der Waals surface area (Å²) in [4.78, 5) is 8.75. The molecule has 1 aromatic heterocycles. The summed E-state index contributed by atoms with van der Waals surface area (Å²) in [5, 5.41) is 21.0. The van der Waals surface area contributed by atoms with Crippen molar-refractivity contribution in [2.24, 2.45) is 4.99 Å². The molecular formula is C17H34IN5O2. The van der Waals surface area contributed by atoms with Gasteiger partial charge in [0.25, 0.3) is 0 Å². The number of aromatic nitrogens is 2. The van der Waals surface area contributed by atoms with Crippen LogP contribution in [0.1, 0.15) is 64.6 Å². The lowest BCUT2D eigenvalue weighted by Crippen LogP contribution is -2.40. The standard InChI is InChI=1S/C17H33N5O2.HI/c1-5-10-17(23,11-6-2)13-20-16(18-7-3)19-12-8-9-15-21-14(4)22-24-15;/h23H,5-13H2,1-4H3,(H2,18,19,20);1H. The SMILES string of the molecule is CCCC(O)(CCC)CN=C(NCC)NCCCc1nc(C)no1.I. The van der Waals surface area contributed by atoms with Gasteiger partial charge in [-0.05, 0) is 33.1 Å². The number of hydrogen-bond donors (Lipinski definition) is 3. The van der Waals surface area contributed by atoms with Crippen molar-refractivity contribution < 1.29 is 9.63 Å². The molecule has 0 saturated carbocycles. The molecule has 146 valence electrons. The van der Waals surface area contributed by atoms with Gasteiger partial charge in [0.2, 0.25) is 5.89 Å². The first-order valence-corrected chi connectivity index (χ1v) is 9.06. The number of hydrogen-bond acceptors (Lipinski definition) is 5. The highest BCUT2D eigenvalue weighted by molar-refractivity contribution is 14.0. The topological polar surface area (TPSA) is 95.6 Å². The first-order chi connectivity index (χ1) is 11.5. The van der Waals surface area contributed by atoms with Crippen LogP contribution in [0.25, 0.3) is 0 Å². The Morgan fingerprint density at radius 2 is 1.88 bits per heavy atom. The maximum atomic E-state index is 10.7. The molecule has 1 aromatic rings. The van der Waals surface area contributed by atoms with Gasteiger partial charge in [-0.25, -0.2) is 0 Å². The van der Waals surface area contributed by atoms with Crippen molar-refractivity contribution in [3.05, 3.63) is 11.7 Å². The zero-order valence-corrected chi connectivity index (χ0v) is 18.3. The van der Waals surface area contributed by atoms with E-state index >= 15 is 0 Å². The van der Waals surface area contributed by atoms with E-state index in [4.69, 9.17) is 4.52 Å². The van der Waals surface area contributed by atoms with Gasteiger partial charge in [-0.1, -0.05) is 31.8 Å². The zero-order chi connectivity index (χ0) is 17.8. The third-order valence-electron chi connectivity index (χ3n) is 3.74. The molecule has 0 bridgehead atoms. The summed E-state index contributed by atoms with van der Waals surface area (Å²) in [6.07, 6.45) is 5.09. The molecule has 0 spiro atoms. The largest absolute Gasteiger partial charge is 0.388 e. The molecule has 0 amide bonds. The first-order valence-electron chi connectivity index (χ1n) is 9.06. The number of aliphatic hydroxyl groups is 1. The normalized spacial score (nSPS) is 12.0. The van der Waals surface area contributed by atoms with E-state index in [9.17, 15) is 5.11 Å². The van der Waals surface area contributed by atoms with Crippen molar-refractivity contribution in [1.82, 2.24) is 20.8 Å². The third-order valence-corrected chi connectivity index (χ3v) is 3.74. The summed E-state index contributed by atoms with van der Waals surface area (Å²) in [6, 6.07) is 0. The number of rotatable bonds is 11. The third kappa shape index (κ3) is 9.98. The van der Waals surface area contributed by atoms with Crippen LogP contribution >= 0.6 is 24.0 Å². The molecule has 0 aliphatic carbocycles. The van der Waals surface area contributed by atoms with Crippen LogP contribution in [-0.4, -0.2) is 46.4 Å². The van der Waals surface area contributed by atoms with Gasteiger partial charge < -0.3 is 20.3 Å². The average Bonchev–Trinajstić information content (AvgIpc) is 2.95. The van der Waals surface area contributed by atoms with E-state index in [0.29, 0.717) is 18.3 Å². The second-order valence-electron chi connectivity index (χ2n) is 6.19. The van der Waals surface area contributed by atoms with Gasteiger partial charge in [-0.2, -0.15) is 4.98 Å². The fourth-order valence-electron chi connectivity index (χ4n) is 2.67. The molecule has 0 atom stereocenters. The van der Waals surface area contributed by atoms with Crippen molar-refractivity contribution >= 4 is 29.9 Å². The zero-order valence-electron chi connectivity index (χ0n) is 16.0. The van der Waals surface area contributed by atoms with Gasteiger partial charge in [-0.15, -0.1) is 24.0 Å². The minimum absolute atomic E-state index is 0. The fourth-order valence-corrected chi connectivity index (χ4v) is 2.67. The van der Waals surface area contributed by atoms with Gasteiger partial charge in [0, 0.05) is 19.5 Å². The Bertz CT molecular complexity index is 487. The summed E-state index contributed by atoms with van der Waals surface area (Å²) in [5.74, 6) is 2.07. The van der Waals surface area contributed by atoms with Crippen LogP contribution in [0.3, 0.4) is 0 Å². The van der Waals surface area contributed by atoms with Crippen LogP contribution in [0.4, 0.5) is 0 Å². The smallest absolute Gasteiger partial charge is 0.226 e. The molecule has 3 N–H and O–H groups in total. The van der Waals surface area contributed by atoms with E-state index < -0.39 is 5.60 Å². The van der Waals surface area contributed by atoms with Gasteiger partial charge in [0.15, 0.2) is 11.8 Å². The molecule has 7 nitrogen and oxygen atoms in total. The van der Waals surface area contributed by atoms with Crippen molar-refractivity contribution in [3.8, 4) is 0 Å². The van der Waals surface area contributed by atoms with Crippen LogP contribution in [0.5, 0.6) is 0 Å². The molecule has 0 aliphatic rings. The van der Waals surface area contributed by atoms with Gasteiger partial charge in [0.1, 0.15) is 0 Å². The maximum absolute atomic E-state index is 10.7. The Balaban J connectivity index is 0.00000576. The maximum Gasteiger partial charge on any atom is 0.226 e. The summed E-state index contributed by atoms with van der Waals surface area (Å²) in [5.41, 5.74) is -0.701. The molecular weight excluding hydrogens is 433 g/mol. The lowest BCUT2D eigenvalue weighted by molar-refractivity contribution is 0.0306. The van der Waals surface area contributed by atoms with Crippen molar-refractivity contribution in [1.29, 1.82) is 0 Å². The summed E-state index contributed by atoms with van der Waals surface area (Å²) in [6.45, 7) is 9.99. The Morgan fingerprint density at radius 3 is 2.40 bits per heavy atom. The minimum Gasteiger partial charge on any atom is -0.388 e. The molecule has 1 heterocycles. The molecule has 8 heteroatoms. The molecule has 0 fully saturated rings. The summed E-state index contributed by atoms with van der Waals surface area (Å²) < 4.78 is 5.10. The Morgan fingerprint density at radius 1 is 1.20 bits per heavy atom. The van der Waals surface area contributed by atoms with Crippen molar-refractivity contribution in [2.75, 3.05) is 19.6 Å². The molecule has 1 rings (SSSR count). The average molecular weight is 467 g/mol. The number of aryl methyl sites for hydroxylation is 2. The van der Waals surface area contributed by atoms with E-state index in [-0.39, 0.29) is 24.0 Å². The van der Waals surface area contributed by atoms with Crippen LogP contribution in [0.2, 0.25) is 0 Å². The number of guanidine groups is 1. The van der Waals surface area contributed by atoms with Crippen molar-refractivity contribution in [2.45, 2.75) is 71.8 Å². The van der Waals surface area contributed by atoms with E-state index in [1.54, 1.807) is 0 Å². The molecule has 0 unspecified atom stereocenters. The van der Waals surface area contributed by atoms with E-state index in [2.05, 4.69) is 39.6 Å². The van der Waals surface area contributed by atoms with Crippen LogP contribution < -0.4 is 10.6 Å². The Labute approximate surface area is 168 Å². The quantitative estimate of drug-likeness (QED) is 0.201. The van der Waals surface area contributed by atoms with Crippen LogP contribution in [-0.2, 0) is 6.42 Å². The van der Waals surface area contributed by atoms with E-state index in [1.165, 1.54) is 0 Å². The lowest BCUT2D eigenvalue weighted by Gasteiger charge is -2.26. The first kappa shape index (κ1) is 24.1. The summed E-state index contributed by atoms with van der Waals surface area (Å²) in [7, 11) is 0. The van der Waals surface area contributed by atoms with Crippen LogP contribution in [0.15, 0.2) is 9.52 Å². The van der Waals surface area contributed by atoms with Gasteiger partial charge >= 0.3 is 0 Å². The highest BCUT2D eigenvalue weighted by atomic mass is 127. The second-order valence-corrected chi connectivity index (χ2v) is 6.19. The number of aliphatic imine (C=N–C) groups is 1. The lowest BCUT2D eigenvalue weighted by atomic mass is 9.93. The Hall–Kier alpha value is -0.900. The predicted octanol–water partition coefficient (Wildman–Crippen LogP) is 2.82. The molecule has 25 heavy (non-hydrogen) atoms. The highest BCUT2D eigenvalue weighted by Gasteiger charge is 2.24. The summed E-state index contributed by atoms with van der Waals surface area (Å²) >= 11 is 0. The predicted molar refractivity (Wildman–Crippen MR) is 112 cm³/mol. The van der Waals surface area contributed by atoms with Crippen LogP contribution in [0, 0.1) is 6.92 Å². The van der Waals surface area contributed by atoms with E-state index in [0.717, 1.165) is 57.6 Å². The molecule has 0 aromatic carbocycles. The number of nitrogens with one attached hydrogen (secondary N) is 2. The molecule has 0 saturated heterocycles. The van der Waals surface area contributed by atoms with Gasteiger partial charge in [0.05, 0.1) is 12.1 Å². The molecule has 0 aliphatic heterocycles. The number of halogens is 1. The van der Waals surface area contributed by atoms with E-state index in [1.807, 2.05) is 13.8 Å². The Kier molecular flexibility index (Phi) is 12.8. The highest BCUT2D eigenvalue weighted by Crippen LogP contribution is 2.19. The monoisotopic (exact) mass is 467 g/mol.